The second kappa shape index (κ2) is 5.67. The second-order valence-electron chi connectivity index (χ2n) is 3.73. The molecule has 0 unspecified atom stereocenters. The van der Waals surface area contributed by atoms with Crippen molar-refractivity contribution >= 4 is 21.6 Å². The van der Waals surface area contributed by atoms with Gasteiger partial charge >= 0.3 is 0 Å². The van der Waals surface area contributed by atoms with E-state index in [2.05, 4.69) is 15.9 Å². The first-order chi connectivity index (χ1) is 9.51. The lowest BCUT2D eigenvalue weighted by molar-refractivity contribution is -0.384. The molecule has 100 valence electrons. The molecule has 0 radical (unpaired) electrons. The summed E-state index contributed by atoms with van der Waals surface area (Å²) in [6, 6.07) is 9.49. The van der Waals surface area contributed by atoms with Crippen LogP contribution < -0.4 is 4.74 Å². The summed E-state index contributed by atoms with van der Waals surface area (Å²) >= 11 is 3.11. The van der Waals surface area contributed by atoms with Crippen molar-refractivity contribution in [2.24, 2.45) is 0 Å². The number of benzene rings is 2. The molecule has 2 aromatic rings. The SMILES string of the molecule is N#Cc1cc([N+](=O)[O-])ccc1Oc1ccc(Br)cc1F. The monoisotopic (exact) mass is 336 g/mol. The van der Waals surface area contributed by atoms with Crippen LogP contribution >= 0.6 is 15.9 Å². The first kappa shape index (κ1) is 14.0. The Balaban J connectivity index is 2.39. The third-order valence-electron chi connectivity index (χ3n) is 2.41. The highest BCUT2D eigenvalue weighted by Crippen LogP contribution is 2.30. The molecule has 2 aromatic carbocycles. The molecule has 0 aliphatic carbocycles. The van der Waals surface area contributed by atoms with Crippen LogP contribution in [0.4, 0.5) is 10.1 Å². The largest absolute Gasteiger partial charge is 0.453 e. The standard InChI is InChI=1S/C13H6BrFN2O3/c14-9-1-3-13(11(15)6-9)20-12-4-2-10(17(18)19)5-8(12)7-16/h1-6H. The summed E-state index contributed by atoms with van der Waals surface area (Å²) in [5.74, 6) is -0.625. The Morgan fingerprint density at radius 2 is 1.95 bits per heavy atom. The smallest absolute Gasteiger partial charge is 0.271 e. The van der Waals surface area contributed by atoms with Gasteiger partial charge in [-0.05, 0) is 24.3 Å². The maximum Gasteiger partial charge on any atom is 0.271 e. The van der Waals surface area contributed by atoms with Crippen molar-refractivity contribution in [3.63, 3.8) is 0 Å². The van der Waals surface area contributed by atoms with E-state index in [1.807, 2.05) is 0 Å². The molecule has 0 amide bonds. The highest BCUT2D eigenvalue weighted by atomic mass is 79.9. The number of nitriles is 1. The zero-order valence-corrected chi connectivity index (χ0v) is 11.4. The highest BCUT2D eigenvalue weighted by Gasteiger charge is 2.13. The zero-order valence-electron chi connectivity index (χ0n) is 9.84. The van der Waals surface area contributed by atoms with Crippen molar-refractivity contribution in [2.75, 3.05) is 0 Å². The molecule has 0 heterocycles. The van der Waals surface area contributed by atoms with Crippen molar-refractivity contribution in [3.05, 3.63) is 62.4 Å². The first-order valence-electron chi connectivity index (χ1n) is 5.32. The van der Waals surface area contributed by atoms with Gasteiger partial charge in [0.05, 0.1) is 4.92 Å². The van der Waals surface area contributed by atoms with E-state index < -0.39 is 10.7 Å². The maximum absolute atomic E-state index is 13.6. The number of nitro benzene ring substituents is 1. The van der Waals surface area contributed by atoms with E-state index in [1.54, 1.807) is 12.1 Å². The minimum atomic E-state index is -0.620. The van der Waals surface area contributed by atoms with Crippen LogP contribution in [0, 0.1) is 27.3 Å². The summed E-state index contributed by atoms with van der Waals surface area (Å²) in [6.07, 6.45) is 0. The van der Waals surface area contributed by atoms with Crippen LogP contribution in [0.15, 0.2) is 40.9 Å². The van der Waals surface area contributed by atoms with Gasteiger partial charge in [-0.15, -0.1) is 0 Å². The van der Waals surface area contributed by atoms with Crippen LogP contribution in [0.3, 0.4) is 0 Å². The summed E-state index contributed by atoms with van der Waals surface area (Å²) in [5, 5.41) is 19.6. The van der Waals surface area contributed by atoms with Crippen molar-refractivity contribution in [2.45, 2.75) is 0 Å². The third kappa shape index (κ3) is 2.92. The topological polar surface area (TPSA) is 76.2 Å². The summed E-state index contributed by atoms with van der Waals surface area (Å²) in [5.41, 5.74) is -0.272. The average molecular weight is 337 g/mol. The summed E-state index contributed by atoms with van der Waals surface area (Å²) in [6.45, 7) is 0. The van der Waals surface area contributed by atoms with E-state index in [4.69, 9.17) is 10.00 Å². The zero-order chi connectivity index (χ0) is 14.7. The number of halogens is 2. The van der Waals surface area contributed by atoms with Crippen molar-refractivity contribution in [3.8, 4) is 17.6 Å². The molecule has 0 fully saturated rings. The molecule has 0 saturated heterocycles. The normalized spacial score (nSPS) is 9.85. The molecule has 0 atom stereocenters. The predicted molar refractivity (Wildman–Crippen MR) is 72.0 cm³/mol. The molecule has 0 spiro atoms. The Bertz CT molecular complexity index is 728. The molecule has 0 N–H and O–H groups in total. The van der Waals surface area contributed by atoms with Crippen LogP contribution in [0.5, 0.6) is 11.5 Å². The van der Waals surface area contributed by atoms with Crippen molar-refractivity contribution < 1.29 is 14.1 Å². The second-order valence-corrected chi connectivity index (χ2v) is 4.64. The van der Waals surface area contributed by atoms with Crippen LogP contribution in [-0.2, 0) is 0 Å². The molecule has 0 bridgehead atoms. The van der Waals surface area contributed by atoms with Gasteiger partial charge in [0.25, 0.3) is 5.69 Å². The van der Waals surface area contributed by atoms with E-state index >= 15 is 0 Å². The maximum atomic E-state index is 13.6. The van der Waals surface area contributed by atoms with Crippen LogP contribution in [-0.4, -0.2) is 4.92 Å². The quantitative estimate of drug-likeness (QED) is 0.622. The van der Waals surface area contributed by atoms with E-state index in [9.17, 15) is 14.5 Å². The number of rotatable bonds is 3. The minimum Gasteiger partial charge on any atom is -0.453 e. The van der Waals surface area contributed by atoms with Gasteiger partial charge in [0.15, 0.2) is 11.6 Å². The van der Waals surface area contributed by atoms with E-state index in [0.29, 0.717) is 4.47 Å². The predicted octanol–water partition coefficient (Wildman–Crippen LogP) is 4.16. The van der Waals surface area contributed by atoms with Crippen molar-refractivity contribution in [1.29, 1.82) is 5.26 Å². The molecular formula is C13H6BrFN2O3. The van der Waals surface area contributed by atoms with Gasteiger partial charge in [0.2, 0.25) is 0 Å². The summed E-state index contributed by atoms with van der Waals surface area (Å²) in [4.78, 5) is 10.0. The molecule has 0 aliphatic heterocycles. The van der Waals surface area contributed by atoms with Gasteiger partial charge in [-0.1, -0.05) is 15.9 Å². The van der Waals surface area contributed by atoms with Gasteiger partial charge < -0.3 is 4.74 Å². The number of hydrogen-bond donors (Lipinski definition) is 0. The van der Waals surface area contributed by atoms with Crippen LogP contribution in [0.25, 0.3) is 0 Å². The number of nitrogens with zero attached hydrogens (tertiary/aromatic N) is 2. The fraction of sp³-hybridized carbons (Fsp3) is 0. The first-order valence-corrected chi connectivity index (χ1v) is 6.12. The van der Waals surface area contributed by atoms with Crippen LogP contribution in [0.1, 0.15) is 5.56 Å². The summed E-state index contributed by atoms with van der Waals surface area (Å²) < 4.78 is 19.5. The molecule has 20 heavy (non-hydrogen) atoms. The van der Waals surface area contributed by atoms with Gasteiger partial charge in [-0.3, -0.25) is 10.1 Å². The van der Waals surface area contributed by atoms with E-state index in [-0.39, 0.29) is 22.7 Å². The van der Waals surface area contributed by atoms with E-state index in [1.165, 1.54) is 24.3 Å². The van der Waals surface area contributed by atoms with Gasteiger partial charge in [-0.2, -0.15) is 5.26 Å². The Morgan fingerprint density at radius 3 is 2.55 bits per heavy atom. The van der Waals surface area contributed by atoms with Gasteiger partial charge in [0, 0.05) is 16.6 Å². The molecule has 0 aliphatic rings. The van der Waals surface area contributed by atoms with E-state index in [0.717, 1.165) is 6.07 Å². The fourth-order valence-corrected chi connectivity index (χ4v) is 1.82. The average Bonchev–Trinajstić information content (AvgIpc) is 2.42. The lowest BCUT2D eigenvalue weighted by Gasteiger charge is -2.08. The molecular weight excluding hydrogens is 331 g/mol. The highest BCUT2D eigenvalue weighted by molar-refractivity contribution is 9.10. The number of nitro groups is 1. The fourth-order valence-electron chi connectivity index (χ4n) is 1.48. The third-order valence-corrected chi connectivity index (χ3v) is 2.90. The molecule has 7 heteroatoms. The Kier molecular flexibility index (Phi) is 3.96. The van der Waals surface area contributed by atoms with Crippen LogP contribution in [0.2, 0.25) is 0 Å². The Labute approximate surface area is 121 Å². The molecule has 2 rings (SSSR count). The number of ether oxygens (including phenoxy) is 1. The molecule has 5 nitrogen and oxygen atoms in total. The lowest BCUT2D eigenvalue weighted by atomic mass is 10.2. The Hall–Kier alpha value is -2.46. The van der Waals surface area contributed by atoms with Gasteiger partial charge in [-0.25, -0.2) is 4.39 Å². The lowest BCUT2D eigenvalue weighted by Crippen LogP contribution is -1.94. The molecule has 0 saturated carbocycles. The summed E-state index contributed by atoms with van der Waals surface area (Å²) in [7, 11) is 0. The Morgan fingerprint density at radius 1 is 1.25 bits per heavy atom. The van der Waals surface area contributed by atoms with Gasteiger partial charge in [0.1, 0.15) is 17.4 Å². The number of hydrogen-bond acceptors (Lipinski definition) is 4. The minimum absolute atomic E-state index is 0.0403. The number of non-ortho nitro benzene ring substituents is 1. The van der Waals surface area contributed by atoms with Crippen molar-refractivity contribution in [1.82, 2.24) is 0 Å². The molecule has 0 aromatic heterocycles.